The molecule has 0 N–H and O–H groups in total. The van der Waals surface area contributed by atoms with Crippen LogP contribution in [-0.4, -0.2) is 50.2 Å². The van der Waals surface area contributed by atoms with Crippen LogP contribution in [0.15, 0.2) is 18.5 Å². The molecule has 0 bridgehead atoms. The molecule has 1 aromatic heterocycles. The van der Waals surface area contributed by atoms with Crippen LogP contribution in [0.25, 0.3) is 0 Å². The lowest BCUT2D eigenvalue weighted by atomic mass is 10.1. The van der Waals surface area contributed by atoms with Crippen molar-refractivity contribution in [2.24, 2.45) is 0 Å². The molecule has 0 unspecified atom stereocenters. The van der Waals surface area contributed by atoms with E-state index in [1.54, 1.807) is 12.4 Å². The molecule has 1 heterocycles. The first-order chi connectivity index (χ1) is 16.9. The summed E-state index contributed by atoms with van der Waals surface area (Å²) in [6.07, 6.45) is 4.39. The molecule has 0 amide bonds. The number of aromatic nitrogens is 1. The van der Waals surface area contributed by atoms with Crippen LogP contribution >= 0.6 is 14.3 Å². The molecular formula is C29H51NO6P2. The van der Waals surface area contributed by atoms with Gasteiger partial charge in [0.1, 0.15) is 27.0 Å². The summed E-state index contributed by atoms with van der Waals surface area (Å²) >= 11 is 0. The fraction of sp³-hybridized carbons (Fsp3) is 0.759. The highest BCUT2D eigenvalue weighted by molar-refractivity contribution is 7.67. The SMILES string of the molecule is CC(C)(C)P(=O)(COC(=O)CCc1cncc(CCC(=O)OCP(=O)(C(C)(C)C)C(C)(C)C)c1)C(C)(C)C. The third-order valence-electron chi connectivity index (χ3n) is 7.24. The van der Waals surface area contributed by atoms with Gasteiger partial charge in [-0.15, -0.1) is 0 Å². The molecule has 1 aromatic rings. The number of hydrogen-bond donors (Lipinski definition) is 0. The van der Waals surface area contributed by atoms with Crippen molar-refractivity contribution < 1.29 is 28.2 Å². The minimum Gasteiger partial charge on any atom is -0.458 e. The maximum absolute atomic E-state index is 13.7. The number of ether oxygens (including phenoxy) is 2. The van der Waals surface area contributed by atoms with Crippen LogP contribution in [0.4, 0.5) is 0 Å². The Balaban J connectivity index is 2.68. The second-order valence-electron chi connectivity index (χ2n) is 14.2. The topological polar surface area (TPSA) is 99.6 Å². The highest BCUT2D eigenvalue weighted by atomic mass is 31.2. The Morgan fingerprint density at radius 2 is 0.921 bits per heavy atom. The van der Waals surface area contributed by atoms with Gasteiger partial charge < -0.3 is 18.6 Å². The predicted molar refractivity (Wildman–Crippen MR) is 157 cm³/mol. The Kier molecular flexibility index (Phi) is 11.3. The zero-order chi connectivity index (χ0) is 29.8. The Morgan fingerprint density at radius 3 is 1.18 bits per heavy atom. The number of hydrogen-bond acceptors (Lipinski definition) is 7. The number of nitrogens with zero attached hydrogens (tertiary/aromatic N) is 1. The van der Waals surface area contributed by atoms with Crippen LogP contribution in [0.1, 0.15) is 107 Å². The van der Waals surface area contributed by atoms with E-state index in [-0.39, 0.29) is 25.5 Å². The molecule has 218 valence electrons. The minimum atomic E-state index is -2.82. The van der Waals surface area contributed by atoms with Gasteiger partial charge in [-0.25, -0.2) is 0 Å². The van der Waals surface area contributed by atoms with Gasteiger partial charge in [-0.2, -0.15) is 0 Å². The molecule has 0 fully saturated rings. The molecule has 7 nitrogen and oxygen atoms in total. The van der Waals surface area contributed by atoms with Gasteiger partial charge in [0.2, 0.25) is 0 Å². The lowest BCUT2D eigenvalue weighted by Crippen LogP contribution is -2.31. The fourth-order valence-electron chi connectivity index (χ4n) is 4.56. The van der Waals surface area contributed by atoms with Crippen molar-refractivity contribution in [1.82, 2.24) is 4.98 Å². The van der Waals surface area contributed by atoms with E-state index in [0.29, 0.717) is 12.8 Å². The van der Waals surface area contributed by atoms with Gasteiger partial charge in [-0.05, 0) is 24.0 Å². The molecule has 38 heavy (non-hydrogen) atoms. The summed E-state index contributed by atoms with van der Waals surface area (Å²) in [7, 11) is -5.63. The quantitative estimate of drug-likeness (QED) is 0.208. The second kappa shape index (κ2) is 12.4. The molecule has 0 radical (unpaired) electrons. The molecule has 0 saturated carbocycles. The average molecular weight is 572 g/mol. The van der Waals surface area contributed by atoms with Crippen molar-refractivity contribution >= 4 is 26.2 Å². The normalized spacial score (nSPS) is 13.8. The number of esters is 2. The zero-order valence-corrected chi connectivity index (χ0v) is 27.6. The Morgan fingerprint density at radius 1 is 0.632 bits per heavy atom. The second-order valence-corrected chi connectivity index (χ2v) is 23.0. The van der Waals surface area contributed by atoms with Crippen molar-refractivity contribution in [1.29, 1.82) is 0 Å². The third-order valence-corrected chi connectivity index (χ3v) is 16.9. The van der Waals surface area contributed by atoms with Crippen LogP contribution in [0.2, 0.25) is 0 Å². The average Bonchev–Trinajstić information content (AvgIpc) is 2.75. The van der Waals surface area contributed by atoms with E-state index in [1.165, 1.54) is 0 Å². The standard InChI is InChI=1S/C29H51NO6P2/c1-26(2,3)37(33,27(4,5)6)20-35-24(31)15-13-22-17-23(19-30-18-22)14-16-25(32)36-21-38(34,28(7,8)9)29(10,11)12/h17-19H,13-16,20-21H2,1-12H3. The van der Waals surface area contributed by atoms with E-state index in [2.05, 4.69) is 4.98 Å². The van der Waals surface area contributed by atoms with E-state index in [9.17, 15) is 18.7 Å². The number of aryl methyl sites for hydroxylation is 2. The Bertz CT molecular complexity index is 951. The molecule has 0 spiro atoms. The number of carbonyl (C=O) groups is 2. The van der Waals surface area contributed by atoms with Gasteiger partial charge in [0.15, 0.2) is 0 Å². The van der Waals surface area contributed by atoms with E-state index in [0.717, 1.165) is 11.1 Å². The Hall–Kier alpha value is -1.45. The van der Waals surface area contributed by atoms with E-state index in [1.807, 2.05) is 89.2 Å². The molecular weight excluding hydrogens is 520 g/mol. The van der Waals surface area contributed by atoms with Crippen molar-refractivity contribution in [2.75, 3.05) is 12.7 Å². The summed E-state index contributed by atoms with van der Waals surface area (Å²) in [4.78, 5) is 29.2. The largest absolute Gasteiger partial charge is 0.458 e. The zero-order valence-electron chi connectivity index (χ0n) is 25.8. The maximum Gasteiger partial charge on any atom is 0.306 e. The molecule has 0 atom stereocenters. The van der Waals surface area contributed by atoms with Crippen molar-refractivity contribution in [3.63, 3.8) is 0 Å². The van der Waals surface area contributed by atoms with Gasteiger partial charge in [0.25, 0.3) is 0 Å². The molecule has 0 aromatic carbocycles. The summed E-state index contributed by atoms with van der Waals surface area (Å²) in [5.41, 5.74) is 1.71. The Labute approximate surface area is 231 Å². The summed E-state index contributed by atoms with van der Waals surface area (Å²) in [6.45, 7) is 23.1. The van der Waals surface area contributed by atoms with Crippen molar-refractivity contribution in [2.45, 2.75) is 129 Å². The summed E-state index contributed by atoms with van der Waals surface area (Å²) in [6, 6.07) is 1.91. The molecule has 0 aliphatic rings. The molecule has 0 aliphatic carbocycles. The lowest BCUT2D eigenvalue weighted by molar-refractivity contribution is -0.142. The molecule has 9 heteroatoms. The van der Waals surface area contributed by atoms with E-state index < -0.39 is 46.8 Å². The molecule has 1 rings (SSSR count). The predicted octanol–water partition coefficient (Wildman–Crippen LogP) is 7.87. The maximum atomic E-state index is 13.7. The van der Waals surface area contributed by atoms with Crippen LogP contribution in [0.3, 0.4) is 0 Å². The molecule has 0 saturated heterocycles. The molecule has 0 aliphatic heterocycles. The number of carbonyl (C=O) groups excluding carboxylic acids is 2. The lowest BCUT2D eigenvalue weighted by Gasteiger charge is -2.40. The summed E-state index contributed by atoms with van der Waals surface area (Å²) in [5.74, 6) is -0.787. The highest BCUT2D eigenvalue weighted by Gasteiger charge is 2.48. The van der Waals surface area contributed by atoms with Crippen LogP contribution in [0, 0.1) is 0 Å². The number of rotatable bonds is 10. The summed E-state index contributed by atoms with van der Waals surface area (Å²) < 4.78 is 38.3. The van der Waals surface area contributed by atoms with E-state index >= 15 is 0 Å². The first-order valence-corrected chi connectivity index (χ1v) is 17.2. The highest BCUT2D eigenvalue weighted by Crippen LogP contribution is 2.67. The van der Waals surface area contributed by atoms with Gasteiger partial charge in [0.05, 0.1) is 0 Å². The first kappa shape index (κ1) is 34.6. The smallest absolute Gasteiger partial charge is 0.306 e. The van der Waals surface area contributed by atoms with E-state index in [4.69, 9.17) is 9.47 Å². The fourth-order valence-corrected chi connectivity index (χ4v) is 10.8. The van der Waals surface area contributed by atoms with Gasteiger partial charge >= 0.3 is 11.9 Å². The number of pyridine rings is 1. The van der Waals surface area contributed by atoms with Gasteiger partial charge in [-0.3, -0.25) is 14.6 Å². The monoisotopic (exact) mass is 571 g/mol. The van der Waals surface area contributed by atoms with Crippen LogP contribution in [-0.2, 0) is 41.0 Å². The minimum absolute atomic E-state index is 0.0728. The van der Waals surface area contributed by atoms with Crippen LogP contribution in [0.5, 0.6) is 0 Å². The third kappa shape index (κ3) is 8.78. The van der Waals surface area contributed by atoms with Crippen molar-refractivity contribution in [3.8, 4) is 0 Å². The van der Waals surface area contributed by atoms with Crippen molar-refractivity contribution in [3.05, 3.63) is 29.6 Å². The van der Waals surface area contributed by atoms with Gasteiger partial charge in [0, 0.05) is 45.9 Å². The summed E-state index contributed by atoms with van der Waals surface area (Å²) in [5, 5.41) is -1.88. The van der Waals surface area contributed by atoms with Crippen LogP contribution < -0.4 is 0 Å². The first-order valence-electron chi connectivity index (χ1n) is 13.4. The van der Waals surface area contributed by atoms with Gasteiger partial charge in [-0.1, -0.05) is 89.2 Å².